The van der Waals surface area contributed by atoms with Crippen LogP contribution in [0, 0.1) is 17.3 Å². The van der Waals surface area contributed by atoms with Gasteiger partial charge in [0.25, 0.3) is 0 Å². The fraction of sp³-hybridized carbons (Fsp3) is 0.556. The van der Waals surface area contributed by atoms with E-state index in [2.05, 4.69) is 13.0 Å². The quantitative estimate of drug-likeness (QED) is 0.726. The van der Waals surface area contributed by atoms with Crippen molar-refractivity contribution in [1.29, 1.82) is 0 Å². The van der Waals surface area contributed by atoms with E-state index in [1.807, 2.05) is 13.0 Å². The minimum absolute atomic E-state index is 0.0264. The number of fused-ring (bicyclic) bond motifs is 3. The molecule has 0 aromatic heterocycles. The van der Waals surface area contributed by atoms with Gasteiger partial charge in [0.1, 0.15) is 0 Å². The van der Waals surface area contributed by atoms with Crippen LogP contribution in [0.2, 0.25) is 0 Å². The third-order valence-corrected chi connectivity index (χ3v) is 5.60. The molecule has 2 heteroatoms. The minimum Gasteiger partial charge on any atom is -0.294 e. The van der Waals surface area contributed by atoms with Crippen molar-refractivity contribution in [3.63, 3.8) is 0 Å². The van der Waals surface area contributed by atoms with Gasteiger partial charge in [0.2, 0.25) is 0 Å². The van der Waals surface area contributed by atoms with Crippen molar-refractivity contribution in [3.05, 3.63) is 34.9 Å². The van der Waals surface area contributed by atoms with E-state index in [4.69, 9.17) is 0 Å². The molecule has 0 heterocycles. The molecule has 3 aliphatic rings. The second-order valence-electron chi connectivity index (χ2n) is 6.65. The molecule has 0 aromatic carbocycles. The van der Waals surface area contributed by atoms with Crippen molar-refractivity contribution < 1.29 is 9.59 Å². The average Bonchev–Trinajstić information content (AvgIpc) is 2.45. The first-order chi connectivity index (χ1) is 9.48. The maximum absolute atomic E-state index is 12.8. The van der Waals surface area contributed by atoms with Crippen LogP contribution < -0.4 is 0 Å². The molecular weight excluding hydrogens is 248 g/mol. The van der Waals surface area contributed by atoms with Crippen LogP contribution >= 0.6 is 0 Å². The Kier molecular flexibility index (Phi) is 3.07. The highest BCUT2D eigenvalue weighted by Gasteiger charge is 2.52. The van der Waals surface area contributed by atoms with Gasteiger partial charge in [0.15, 0.2) is 11.6 Å². The summed E-state index contributed by atoms with van der Waals surface area (Å²) in [6.07, 6.45) is 10.0. The smallest absolute Gasteiger partial charge is 0.183 e. The SMILES string of the molecule is CC[C@H]1CCC2=CC=C3C(=O)C=C(C)C(=O)[C@@]3(C)[C@H]2C1. The van der Waals surface area contributed by atoms with Gasteiger partial charge in [0.05, 0.1) is 5.41 Å². The van der Waals surface area contributed by atoms with E-state index in [0.29, 0.717) is 17.1 Å². The Bertz CT molecular complexity index is 576. The topological polar surface area (TPSA) is 34.1 Å². The summed E-state index contributed by atoms with van der Waals surface area (Å²) in [6.45, 7) is 5.99. The molecule has 1 saturated carbocycles. The molecule has 1 fully saturated rings. The maximum Gasteiger partial charge on any atom is 0.183 e. The van der Waals surface area contributed by atoms with Crippen LogP contribution in [0.4, 0.5) is 0 Å². The minimum atomic E-state index is -0.617. The summed E-state index contributed by atoms with van der Waals surface area (Å²) in [5, 5.41) is 0. The molecule has 20 heavy (non-hydrogen) atoms. The molecule has 0 saturated heterocycles. The zero-order chi connectivity index (χ0) is 14.5. The lowest BCUT2D eigenvalue weighted by Crippen LogP contribution is -2.47. The molecular formula is C18H22O2. The number of rotatable bonds is 1. The number of hydrogen-bond donors (Lipinski definition) is 0. The fourth-order valence-corrected chi connectivity index (χ4v) is 4.24. The molecule has 106 valence electrons. The maximum atomic E-state index is 12.8. The molecule has 0 N–H and O–H groups in total. The monoisotopic (exact) mass is 270 g/mol. The molecule has 3 aliphatic carbocycles. The summed E-state index contributed by atoms with van der Waals surface area (Å²) in [6, 6.07) is 0. The summed E-state index contributed by atoms with van der Waals surface area (Å²) in [5.74, 6) is 1.08. The van der Waals surface area contributed by atoms with E-state index in [0.717, 1.165) is 19.3 Å². The number of Topliss-reactive ketones (excluding diaryl/α,β-unsaturated/α-hetero) is 1. The van der Waals surface area contributed by atoms with Crippen LogP contribution in [-0.4, -0.2) is 11.6 Å². The molecule has 0 radical (unpaired) electrons. The zero-order valence-electron chi connectivity index (χ0n) is 12.5. The van der Waals surface area contributed by atoms with Crippen LogP contribution in [0.5, 0.6) is 0 Å². The van der Waals surface area contributed by atoms with Crippen LogP contribution in [0.25, 0.3) is 0 Å². The first kappa shape index (κ1) is 13.5. The van der Waals surface area contributed by atoms with Crippen molar-refractivity contribution in [1.82, 2.24) is 0 Å². The highest BCUT2D eigenvalue weighted by atomic mass is 16.1. The molecule has 3 atom stereocenters. The van der Waals surface area contributed by atoms with Gasteiger partial charge < -0.3 is 0 Å². The Balaban J connectivity index is 2.10. The summed E-state index contributed by atoms with van der Waals surface area (Å²) in [7, 11) is 0. The van der Waals surface area contributed by atoms with Gasteiger partial charge in [-0.15, -0.1) is 0 Å². The second kappa shape index (κ2) is 4.54. The summed E-state index contributed by atoms with van der Waals surface area (Å²) >= 11 is 0. The predicted molar refractivity (Wildman–Crippen MR) is 79.2 cm³/mol. The lowest BCUT2D eigenvalue weighted by molar-refractivity contribution is -0.128. The Morgan fingerprint density at radius 1 is 1.30 bits per heavy atom. The summed E-state index contributed by atoms with van der Waals surface area (Å²) in [4.78, 5) is 25.1. The number of carbonyl (C=O) groups is 2. The first-order valence-electron chi connectivity index (χ1n) is 7.67. The molecule has 0 spiro atoms. The molecule has 2 nitrogen and oxygen atoms in total. The molecule has 0 aliphatic heterocycles. The average molecular weight is 270 g/mol. The van der Waals surface area contributed by atoms with Gasteiger partial charge in [-0.25, -0.2) is 0 Å². The van der Waals surface area contributed by atoms with Gasteiger partial charge >= 0.3 is 0 Å². The normalized spacial score (nSPS) is 36.6. The van der Waals surface area contributed by atoms with Crippen LogP contribution in [-0.2, 0) is 9.59 Å². The van der Waals surface area contributed by atoms with Crippen LogP contribution in [0.3, 0.4) is 0 Å². The van der Waals surface area contributed by atoms with Gasteiger partial charge in [-0.05, 0) is 56.6 Å². The van der Waals surface area contributed by atoms with E-state index < -0.39 is 5.41 Å². The zero-order valence-corrected chi connectivity index (χ0v) is 12.5. The van der Waals surface area contributed by atoms with Crippen molar-refractivity contribution >= 4 is 11.6 Å². The van der Waals surface area contributed by atoms with Crippen molar-refractivity contribution in [2.45, 2.75) is 46.5 Å². The Hall–Kier alpha value is -1.44. The van der Waals surface area contributed by atoms with E-state index in [1.54, 1.807) is 6.92 Å². The molecule has 0 aromatic rings. The number of ketones is 2. The summed E-state index contributed by atoms with van der Waals surface area (Å²) < 4.78 is 0. The lowest BCUT2D eigenvalue weighted by Gasteiger charge is -2.46. The van der Waals surface area contributed by atoms with Crippen LogP contribution in [0.15, 0.2) is 34.9 Å². The Morgan fingerprint density at radius 2 is 2.05 bits per heavy atom. The predicted octanol–water partition coefficient (Wildman–Crippen LogP) is 3.78. The van der Waals surface area contributed by atoms with Gasteiger partial charge in [0, 0.05) is 5.57 Å². The van der Waals surface area contributed by atoms with Crippen LogP contribution in [0.1, 0.15) is 46.5 Å². The van der Waals surface area contributed by atoms with Gasteiger partial charge in [-0.3, -0.25) is 9.59 Å². The van der Waals surface area contributed by atoms with Crippen molar-refractivity contribution in [3.8, 4) is 0 Å². The van der Waals surface area contributed by atoms with E-state index in [-0.39, 0.29) is 17.5 Å². The number of hydrogen-bond acceptors (Lipinski definition) is 2. The molecule has 0 amide bonds. The van der Waals surface area contributed by atoms with Crippen molar-refractivity contribution in [2.75, 3.05) is 0 Å². The van der Waals surface area contributed by atoms with Crippen molar-refractivity contribution in [2.24, 2.45) is 17.3 Å². The summed E-state index contributed by atoms with van der Waals surface area (Å²) in [5.41, 5.74) is 2.08. The number of allylic oxidation sites excluding steroid dienone is 6. The third-order valence-electron chi connectivity index (χ3n) is 5.60. The second-order valence-corrected chi connectivity index (χ2v) is 6.65. The largest absolute Gasteiger partial charge is 0.294 e. The standard InChI is InChI=1S/C18H22O2/c1-4-12-5-6-13-7-8-14-16(19)9-11(2)17(20)18(14,3)15(13)10-12/h7-9,12,15H,4-6,10H2,1-3H3/t12-,15-,18+/m0/s1. The van der Waals surface area contributed by atoms with Gasteiger partial charge in [-0.1, -0.05) is 31.1 Å². The third kappa shape index (κ3) is 1.70. The molecule has 3 rings (SSSR count). The lowest BCUT2D eigenvalue weighted by atomic mass is 9.55. The molecule has 0 unspecified atom stereocenters. The fourth-order valence-electron chi connectivity index (χ4n) is 4.24. The highest BCUT2D eigenvalue weighted by molar-refractivity contribution is 6.20. The Labute approximate surface area is 120 Å². The number of carbonyl (C=O) groups excluding carboxylic acids is 2. The van der Waals surface area contributed by atoms with E-state index >= 15 is 0 Å². The van der Waals surface area contributed by atoms with E-state index in [9.17, 15) is 9.59 Å². The van der Waals surface area contributed by atoms with E-state index in [1.165, 1.54) is 18.1 Å². The Morgan fingerprint density at radius 3 is 2.75 bits per heavy atom. The highest BCUT2D eigenvalue weighted by Crippen LogP contribution is 2.53. The first-order valence-corrected chi connectivity index (χ1v) is 7.67. The van der Waals surface area contributed by atoms with Gasteiger partial charge in [-0.2, -0.15) is 0 Å². The molecule has 0 bridgehead atoms.